The summed E-state index contributed by atoms with van der Waals surface area (Å²) in [4.78, 5) is 38.6. The van der Waals surface area contributed by atoms with Crippen molar-refractivity contribution in [3.05, 3.63) is 64.7 Å². The van der Waals surface area contributed by atoms with E-state index in [1.807, 2.05) is 19.1 Å². The number of hydrogen-bond acceptors (Lipinski definition) is 5. The molecule has 5 nitrogen and oxygen atoms in total. The zero-order valence-corrected chi connectivity index (χ0v) is 16.4. The average Bonchev–Trinajstić information content (AvgIpc) is 2.90. The Balaban J connectivity index is 2.25. The molecule has 0 saturated carbocycles. The highest BCUT2D eigenvalue weighted by Gasteiger charge is 2.56. The molecule has 0 aliphatic heterocycles. The van der Waals surface area contributed by atoms with Gasteiger partial charge in [-0.1, -0.05) is 49.7 Å². The van der Waals surface area contributed by atoms with Crippen LogP contribution in [-0.4, -0.2) is 30.7 Å². The third kappa shape index (κ3) is 3.21. The van der Waals surface area contributed by atoms with Gasteiger partial charge in [-0.2, -0.15) is 0 Å². The van der Waals surface area contributed by atoms with E-state index in [0.29, 0.717) is 29.0 Å². The lowest BCUT2D eigenvalue weighted by Gasteiger charge is -2.28. The third-order valence-corrected chi connectivity index (χ3v) is 5.03. The monoisotopic (exact) mass is 380 g/mol. The minimum atomic E-state index is -1.62. The number of Topliss-reactive ketones (excluding diaryl/α,β-unsaturated/α-hetero) is 2. The van der Waals surface area contributed by atoms with Crippen LogP contribution in [0.4, 0.5) is 0 Å². The molecule has 5 heteroatoms. The molecule has 0 radical (unpaired) electrons. The van der Waals surface area contributed by atoms with Gasteiger partial charge in [-0.05, 0) is 25.0 Å². The second-order valence-electron chi connectivity index (χ2n) is 6.90. The topological polar surface area (TPSA) is 69.7 Å². The lowest BCUT2D eigenvalue weighted by atomic mass is 9.75. The van der Waals surface area contributed by atoms with Crippen molar-refractivity contribution in [2.24, 2.45) is 0 Å². The predicted octanol–water partition coefficient (Wildman–Crippen LogP) is 3.92. The van der Waals surface area contributed by atoms with Gasteiger partial charge < -0.3 is 9.47 Å². The fourth-order valence-corrected chi connectivity index (χ4v) is 3.74. The summed E-state index contributed by atoms with van der Waals surface area (Å²) in [5.41, 5.74) is 0.544. The second kappa shape index (κ2) is 7.97. The first-order valence-corrected chi connectivity index (χ1v) is 9.53. The van der Waals surface area contributed by atoms with Crippen LogP contribution < -0.4 is 4.74 Å². The molecule has 0 spiro atoms. The SMILES string of the molecule is CCCc1ccc(OCC)c(C2(COC(C)=O)C(=O)c3ccccc3C2=O)c1. The Morgan fingerprint density at radius 2 is 1.64 bits per heavy atom. The Hall–Kier alpha value is -2.95. The Morgan fingerprint density at radius 1 is 1.00 bits per heavy atom. The molecule has 0 heterocycles. The van der Waals surface area contributed by atoms with Crippen molar-refractivity contribution in [3.63, 3.8) is 0 Å². The molecule has 0 aromatic heterocycles. The number of benzene rings is 2. The molecule has 1 aliphatic carbocycles. The first-order valence-electron chi connectivity index (χ1n) is 9.53. The third-order valence-electron chi connectivity index (χ3n) is 5.03. The summed E-state index contributed by atoms with van der Waals surface area (Å²) in [6, 6.07) is 12.3. The summed E-state index contributed by atoms with van der Waals surface area (Å²) in [5, 5.41) is 0. The van der Waals surface area contributed by atoms with Crippen molar-refractivity contribution in [1.82, 2.24) is 0 Å². The number of aryl methyl sites for hydroxylation is 1. The molecule has 0 saturated heterocycles. The van der Waals surface area contributed by atoms with Crippen LogP contribution in [0, 0.1) is 0 Å². The standard InChI is InChI=1S/C23H24O5/c1-4-8-16-11-12-20(27-5-2)19(13-16)23(14-28-15(3)24)21(25)17-9-6-7-10-18(17)22(23)26/h6-7,9-13H,4-5,8,14H2,1-3H3. The van der Waals surface area contributed by atoms with E-state index in [-0.39, 0.29) is 18.2 Å². The minimum absolute atomic E-state index is 0.343. The lowest BCUT2D eigenvalue weighted by Crippen LogP contribution is -2.44. The maximum Gasteiger partial charge on any atom is 0.302 e. The van der Waals surface area contributed by atoms with Crippen molar-refractivity contribution >= 4 is 17.5 Å². The van der Waals surface area contributed by atoms with Gasteiger partial charge >= 0.3 is 5.97 Å². The zero-order chi connectivity index (χ0) is 20.3. The number of ketones is 2. The Kier molecular flexibility index (Phi) is 5.63. The molecular weight excluding hydrogens is 356 g/mol. The van der Waals surface area contributed by atoms with E-state index in [1.54, 1.807) is 30.3 Å². The Bertz CT molecular complexity index is 893. The smallest absolute Gasteiger partial charge is 0.302 e. The average molecular weight is 380 g/mol. The van der Waals surface area contributed by atoms with E-state index in [9.17, 15) is 14.4 Å². The molecule has 2 aromatic carbocycles. The normalized spacial score (nSPS) is 14.7. The van der Waals surface area contributed by atoms with Gasteiger partial charge in [0.15, 0.2) is 17.0 Å². The van der Waals surface area contributed by atoms with E-state index < -0.39 is 11.4 Å². The summed E-state index contributed by atoms with van der Waals surface area (Å²) in [6.45, 7) is 5.22. The van der Waals surface area contributed by atoms with Crippen molar-refractivity contribution in [3.8, 4) is 5.75 Å². The largest absolute Gasteiger partial charge is 0.494 e. The first-order chi connectivity index (χ1) is 13.5. The van der Waals surface area contributed by atoms with E-state index in [1.165, 1.54) is 6.92 Å². The van der Waals surface area contributed by atoms with Gasteiger partial charge in [0, 0.05) is 23.6 Å². The van der Waals surface area contributed by atoms with E-state index in [0.717, 1.165) is 18.4 Å². The number of fused-ring (bicyclic) bond motifs is 1. The molecule has 0 bridgehead atoms. The molecule has 2 aromatic rings. The highest BCUT2D eigenvalue weighted by Crippen LogP contribution is 2.44. The molecule has 3 rings (SSSR count). The molecule has 28 heavy (non-hydrogen) atoms. The van der Waals surface area contributed by atoms with Gasteiger partial charge in [-0.15, -0.1) is 0 Å². The van der Waals surface area contributed by atoms with Crippen LogP contribution in [0.1, 0.15) is 59.0 Å². The van der Waals surface area contributed by atoms with Gasteiger partial charge in [0.2, 0.25) is 0 Å². The molecule has 0 amide bonds. The molecular formula is C23H24O5. The number of rotatable bonds is 7. The van der Waals surface area contributed by atoms with Crippen molar-refractivity contribution in [1.29, 1.82) is 0 Å². The van der Waals surface area contributed by atoms with E-state index in [2.05, 4.69) is 6.92 Å². The van der Waals surface area contributed by atoms with Crippen molar-refractivity contribution < 1.29 is 23.9 Å². The van der Waals surface area contributed by atoms with Crippen molar-refractivity contribution in [2.75, 3.05) is 13.2 Å². The zero-order valence-electron chi connectivity index (χ0n) is 16.4. The summed E-state index contributed by atoms with van der Waals surface area (Å²) in [7, 11) is 0. The van der Waals surface area contributed by atoms with Crippen LogP contribution in [0.15, 0.2) is 42.5 Å². The number of ether oxygens (including phenoxy) is 2. The Morgan fingerprint density at radius 3 is 2.18 bits per heavy atom. The molecule has 0 atom stereocenters. The van der Waals surface area contributed by atoms with Crippen LogP contribution in [0.3, 0.4) is 0 Å². The maximum atomic E-state index is 13.5. The first kappa shape index (κ1) is 19.8. The molecule has 0 unspecified atom stereocenters. The Labute approximate surface area is 164 Å². The quantitative estimate of drug-likeness (QED) is 0.538. The van der Waals surface area contributed by atoms with Crippen LogP contribution in [0.2, 0.25) is 0 Å². The fraction of sp³-hybridized carbons (Fsp3) is 0.348. The van der Waals surface area contributed by atoms with Gasteiger partial charge in [-0.3, -0.25) is 14.4 Å². The number of hydrogen-bond donors (Lipinski definition) is 0. The number of carbonyl (C=O) groups is 3. The summed E-state index contributed by atoms with van der Waals surface area (Å²) >= 11 is 0. The van der Waals surface area contributed by atoms with Crippen LogP contribution in [0.5, 0.6) is 5.75 Å². The molecule has 146 valence electrons. The minimum Gasteiger partial charge on any atom is -0.494 e. The lowest BCUT2D eigenvalue weighted by molar-refractivity contribution is -0.141. The van der Waals surface area contributed by atoms with Crippen molar-refractivity contribution in [2.45, 2.75) is 39.0 Å². The molecule has 0 fully saturated rings. The van der Waals surface area contributed by atoms with Gasteiger partial charge in [-0.25, -0.2) is 0 Å². The highest BCUT2D eigenvalue weighted by atomic mass is 16.5. The van der Waals surface area contributed by atoms with E-state index >= 15 is 0 Å². The van der Waals surface area contributed by atoms with Crippen LogP contribution in [-0.2, 0) is 21.4 Å². The van der Waals surface area contributed by atoms with Gasteiger partial charge in [0.1, 0.15) is 12.4 Å². The highest BCUT2D eigenvalue weighted by molar-refractivity contribution is 6.33. The van der Waals surface area contributed by atoms with Crippen LogP contribution >= 0.6 is 0 Å². The second-order valence-corrected chi connectivity index (χ2v) is 6.90. The number of esters is 1. The summed E-state index contributed by atoms with van der Waals surface area (Å²) in [5.74, 6) is -0.796. The molecule has 0 N–H and O–H groups in total. The van der Waals surface area contributed by atoms with Gasteiger partial charge in [0.25, 0.3) is 0 Å². The van der Waals surface area contributed by atoms with Crippen LogP contribution in [0.25, 0.3) is 0 Å². The summed E-state index contributed by atoms with van der Waals surface area (Å²) < 4.78 is 11.0. The number of carbonyl (C=O) groups excluding carboxylic acids is 3. The molecule has 1 aliphatic rings. The maximum absolute atomic E-state index is 13.5. The fourth-order valence-electron chi connectivity index (χ4n) is 3.74. The van der Waals surface area contributed by atoms with E-state index in [4.69, 9.17) is 9.47 Å². The van der Waals surface area contributed by atoms with Gasteiger partial charge in [0.05, 0.1) is 6.61 Å². The summed E-state index contributed by atoms with van der Waals surface area (Å²) in [6.07, 6.45) is 1.73. The predicted molar refractivity (Wildman–Crippen MR) is 105 cm³/mol.